The van der Waals surface area contributed by atoms with Crippen LogP contribution >= 0.6 is 0 Å². The van der Waals surface area contributed by atoms with Gasteiger partial charge in [0.05, 0.1) is 0 Å². The molecule has 4 nitrogen and oxygen atoms in total. The minimum atomic E-state index is 0.0926. The summed E-state index contributed by atoms with van der Waals surface area (Å²) in [6.07, 6.45) is 0.625. The molecule has 2 amide bonds. The van der Waals surface area contributed by atoms with Gasteiger partial charge in [0.15, 0.2) is 0 Å². The van der Waals surface area contributed by atoms with Gasteiger partial charge >= 0.3 is 0 Å². The molecule has 0 aliphatic rings. The first-order valence-corrected chi connectivity index (χ1v) is 2.85. The predicted octanol–water partition coefficient (Wildman–Crippen LogP) is -0.543. The maximum absolute atomic E-state index is 10.1. The molecule has 0 fully saturated rings. The predicted molar refractivity (Wildman–Crippen MR) is 39.5 cm³/mol. The van der Waals surface area contributed by atoms with Crippen LogP contribution in [0.4, 0.5) is 0 Å². The zero-order valence-corrected chi connectivity index (χ0v) is 6.84. The van der Waals surface area contributed by atoms with Crippen molar-refractivity contribution in [3.05, 3.63) is 0 Å². The summed E-state index contributed by atoms with van der Waals surface area (Å²) in [5.74, 6) is 0.0926. The molecule has 0 rings (SSSR count). The standard InChI is InChI=1S/C4H9NO.C2H5NO/c1-4(6)5(2)3;1-3-2-4/h1-3H3;2H,1H3,(H,3,4). The van der Waals surface area contributed by atoms with E-state index in [2.05, 4.69) is 5.32 Å². The summed E-state index contributed by atoms with van der Waals surface area (Å²) in [6, 6.07) is 0. The van der Waals surface area contributed by atoms with Crippen LogP contribution in [0.3, 0.4) is 0 Å². The van der Waals surface area contributed by atoms with Gasteiger partial charge in [-0.3, -0.25) is 9.59 Å². The van der Waals surface area contributed by atoms with Crippen molar-refractivity contribution < 1.29 is 9.59 Å². The Morgan fingerprint density at radius 1 is 1.50 bits per heavy atom. The fraction of sp³-hybridized carbons (Fsp3) is 0.667. The number of hydrogen-bond acceptors (Lipinski definition) is 2. The lowest BCUT2D eigenvalue weighted by atomic mass is 10.7. The summed E-state index contributed by atoms with van der Waals surface area (Å²) in [5.41, 5.74) is 0. The average molecular weight is 146 g/mol. The van der Waals surface area contributed by atoms with E-state index in [1.807, 2.05) is 0 Å². The highest BCUT2D eigenvalue weighted by molar-refractivity contribution is 5.72. The van der Waals surface area contributed by atoms with E-state index >= 15 is 0 Å². The highest BCUT2D eigenvalue weighted by atomic mass is 16.2. The first-order valence-electron chi connectivity index (χ1n) is 2.85. The number of nitrogens with zero attached hydrogens (tertiary/aromatic N) is 1. The molecular formula is C6H14N2O2. The summed E-state index contributed by atoms with van der Waals surface area (Å²) in [6.45, 7) is 1.53. The summed E-state index contributed by atoms with van der Waals surface area (Å²) in [4.78, 5) is 20.7. The molecule has 0 atom stereocenters. The van der Waals surface area contributed by atoms with Crippen molar-refractivity contribution in [2.75, 3.05) is 21.1 Å². The summed E-state index contributed by atoms with van der Waals surface area (Å²) >= 11 is 0. The van der Waals surface area contributed by atoms with Crippen molar-refractivity contribution in [3.8, 4) is 0 Å². The Hall–Kier alpha value is -1.06. The Balaban J connectivity index is 0. The molecule has 0 spiro atoms. The Morgan fingerprint density at radius 3 is 1.70 bits per heavy atom. The molecular weight excluding hydrogens is 132 g/mol. The van der Waals surface area contributed by atoms with Gasteiger partial charge in [-0.25, -0.2) is 0 Å². The zero-order valence-electron chi connectivity index (χ0n) is 6.84. The number of rotatable bonds is 1. The lowest BCUT2D eigenvalue weighted by molar-refractivity contribution is -0.126. The summed E-state index contributed by atoms with van der Waals surface area (Å²) in [7, 11) is 5.01. The summed E-state index contributed by atoms with van der Waals surface area (Å²) < 4.78 is 0. The van der Waals surface area contributed by atoms with Crippen molar-refractivity contribution in [2.24, 2.45) is 0 Å². The normalized spacial score (nSPS) is 6.80. The van der Waals surface area contributed by atoms with Gasteiger partial charge in [-0.15, -0.1) is 0 Å². The van der Waals surface area contributed by atoms with Gasteiger partial charge < -0.3 is 10.2 Å². The molecule has 10 heavy (non-hydrogen) atoms. The largest absolute Gasteiger partial charge is 0.362 e. The van der Waals surface area contributed by atoms with Gasteiger partial charge in [0.2, 0.25) is 12.3 Å². The molecule has 0 saturated heterocycles. The lowest BCUT2D eigenvalue weighted by Crippen LogP contribution is -2.17. The van der Waals surface area contributed by atoms with Crippen molar-refractivity contribution in [1.82, 2.24) is 10.2 Å². The average Bonchev–Trinajstić information content (AvgIpc) is 1.89. The molecule has 0 aromatic rings. The monoisotopic (exact) mass is 146 g/mol. The molecule has 0 aliphatic heterocycles. The van der Waals surface area contributed by atoms with Gasteiger partial charge in [-0.05, 0) is 0 Å². The molecule has 1 N–H and O–H groups in total. The Kier molecular flexibility index (Phi) is 9.29. The van der Waals surface area contributed by atoms with Crippen LogP contribution in [0, 0.1) is 0 Å². The fourth-order valence-electron chi connectivity index (χ4n) is 0. The third kappa shape index (κ3) is 15.8. The van der Waals surface area contributed by atoms with E-state index < -0.39 is 0 Å². The SMILES string of the molecule is CC(=O)N(C)C.CNC=O. The van der Waals surface area contributed by atoms with E-state index in [9.17, 15) is 4.79 Å². The topological polar surface area (TPSA) is 49.4 Å². The zero-order chi connectivity index (χ0) is 8.57. The number of carbonyl (C=O) groups is 2. The second-order valence-electron chi connectivity index (χ2n) is 1.82. The molecule has 0 radical (unpaired) electrons. The minimum absolute atomic E-state index is 0.0926. The van der Waals surface area contributed by atoms with Crippen molar-refractivity contribution in [1.29, 1.82) is 0 Å². The smallest absolute Gasteiger partial charge is 0.218 e. The minimum Gasteiger partial charge on any atom is -0.362 e. The molecule has 0 aromatic carbocycles. The van der Waals surface area contributed by atoms with E-state index in [-0.39, 0.29) is 5.91 Å². The van der Waals surface area contributed by atoms with Crippen LogP contribution in [0.2, 0.25) is 0 Å². The van der Waals surface area contributed by atoms with E-state index in [1.54, 1.807) is 21.1 Å². The molecule has 0 bridgehead atoms. The van der Waals surface area contributed by atoms with Gasteiger partial charge in [-0.2, -0.15) is 0 Å². The number of amides is 2. The summed E-state index contributed by atoms with van der Waals surface area (Å²) in [5, 5.41) is 2.25. The first kappa shape index (κ1) is 11.7. The fourth-order valence-corrected chi connectivity index (χ4v) is 0. The number of carbonyl (C=O) groups excluding carboxylic acids is 2. The quantitative estimate of drug-likeness (QED) is 0.505. The first-order chi connectivity index (χ1) is 4.56. The van der Waals surface area contributed by atoms with Crippen LogP contribution in [0.15, 0.2) is 0 Å². The van der Waals surface area contributed by atoms with E-state index in [0.717, 1.165) is 0 Å². The van der Waals surface area contributed by atoms with E-state index in [0.29, 0.717) is 6.41 Å². The van der Waals surface area contributed by atoms with Crippen LogP contribution in [0.1, 0.15) is 6.92 Å². The molecule has 0 aliphatic carbocycles. The Labute approximate surface area is 61.2 Å². The van der Waals surface area contributed by atoms with Crippen LogP contribution in [-0.4, -0.2) is 38.4 Å². The Morgan fingerprint density at radius 2 is 1.70 bits per heavy atom. The molecule has 0 heterocycles. The van der Waals surface area contributed by atoms with E-state index in [1.165, 1.54) is 11.8 Å². The molecule has 4 heteroatoms. The number of hydrogen-bond donors (Lipinski definition) is 1. The second kappa shape index (κ2) is 7.94. The van der Waals surface area contributed by atoms with Crippen LogP contribution in [0.25, 0.3) is 0 Å². The van der Waals surface area contributed by atoms with Crippen LogP contribution in [-0.2, 0) is 9.59 Å². The molecule has 0 saturated carbocycles. The van der Waals surface area contributed by atoms with E-state index in [4.69, 9.17) is 4.79 Å². The molecule has 60 valence electrons. The second-order valence-corrected chi connectivity index (χ2v) is 1.82. The van der Waals surface area contributed by atoms with Gasteiger partial charge in [0.25, 0.3) is 0 Å². The van der Waals surface area contributed by atoms with Crippen LogP contribution in [0.5, 0.6) is 0 Å². The van der Waals surface area contributed by atoms with Crippen molar-refractivity contribution in [3.63, 3.8) is 0 Å². The van der Waals surface area contributed by atoms with Gasteiger partial charge in [0.1, 0.15) is 0 Å². The van der Waals surface area contributed by atoms with Gasteiger partial charge in [0, 0.05) is 28.1 Å². The van der Waals surface area contributed by atoms with Crippen LogP contribution < -0.4 is 5.32 Å². The third-order valence-corrected chi connectivity index (χ3v) is 0.748. The highest BCUT2D eigenvalue weighted by Crippen LogP contribution is 1.69. The van der Waals surface area contributed by atoms with Crippen molar-refractivity contribution in [2.45, 2.75) is 6.92 Å². The number of nitrogens with one attached hydrogen (secondary N) is 1. The third-order valence-electron chi connectivity index (χ3n) is 0.748. The van der Waals surface area contributed by atoms with Crippen molar-refractivity contribution >= 4 is 12.3 Å². The molecule has 0 unspecified atom stereocenters. The molecule has 0 aromatic heterocycles. The Bertz CT molecular complexity index is 102. The maximum Gasteiger partial charge on any atom is 0.218 e. The highest BCUT2D eigenvalue weighted by Gasteiger charge is 1.87. The lowest BCUT2D eigenvalue weighted by Gasteiger charge is -2.02. The van der Waals surface area contributed by atoms with Gasteiger partial charge in [-0.1, -0.05) is 0 Å². The maximum atomic E-state index is 10.1.